The van der Waals surface area contributed by atoms with Gasteiger partial charge in [0.05, 0.1) is 12.7 Å². The first-order valence-corrected chi connectivity index (χ1v) is 9.66. The van der Waals surface area contributed by atoms with Crippen molar-refractivity contribution in [2.75, 3.05) is 6.61 Å². The predicted octanol–water partition coefficient (Wildman–Crippen LogP) is 5.28. The highest BCUT2D eigenvalue weighted by atomic mass is 16.5. The van der Waals surface area contributed by atoms with E-state index in [2.05, 4.69) is 13.8 Å². The molecule has 24 heavy (non-hydrogen) atoms. The lowest BCUT2D eigenvalue weighted by atomic mass is 10.1. The van der Waals surface area contributed by atoms with Crippen molar-refractivity contribution in [3.05, 3.63) is 0 Å². The van der Waals surface area contributed by atoms with E-state index in [0.29, 0.717) is 31.3 Å². The molecule has 0 rings (SSSR count). The van der Waals surface area contributed by atoms with E-state index in [-0.39, 0.29) is 18.0 Å². The topological polar surface area (TPSA) is 52.6 Å². The first-order valence-electron chi connectivity index (χ1n) is 9.66. The van der Waals surface area contributed by atoms with E-state index < -0.39 is 0 Å². The van der Waals surface area contributed by atoms with E-state index in [1.807, 2.05) is 20.8 Å². The largest absolute Gasteiger partial charge is 0.465 e. The molecule has 1 atom stereocenters. The number of esters is 2. The van der Waals surface area contributed by atoms with Gasteiger partial charge < -0.3 is 9.47 Å². The lowest BCUT2D eigenvalue weighted by Crippen LogP contribution is -2.16. The summed E-state index contributed by atoms with van der Waals surface area (Å²) in [5, 5.41) is 0. The molecule has 0 N–H and O–H groups in total. The molecule has 0 fully saturated rings. The molecular formula is C20H38O4. The molecule has 0 aliphatic heterocycles. The Morgan fingerprint density at radius 1 is 0.708 bits per heavy atom. The number of hydrogen-bond donors (Lipinski definition) is 0. The van der Waals surface area contributed by atoms with Crippen molar-refractivity contribution in [1.29, 1.82) is 0 Å². The number of hydrogen-bond acceptors (Lipinski definition) is 4. The predicted molar refractivity (Wildman–Crippen MR) is 97.7 cm³/mol. The highest BCUT2D eigenvalue weighted by molar-refractivity contribution is 5.69. The van der Waals surface area contributed by atoms with Gasteiger partial charge in [0.2, 0.25) is 0 Å². The Hall–Kier alpha value is -1.06. The maximum absolute atomic E-state index is 11.7. The first-order chi connectivity index (χ1) is 11.3. The summed E-state index contributed by atoms with van der Waals surface area (Å²) in [6.45, 7) is 10.8. The summed E-state index contributed by atoms with van der Waals surface area (Å²) in [5.74, 6) is 0.794. The molecule has 0 aliphatic carbocycles. The van der Waals surface area contributed by atoms with Crippen LogP contribution in [0.2, 0.25) is 0 Å². The van der Waals surface area contributed by atoms with Gasteiger partial charge >= 0.3 is 11.9 Å². The fourth-order valence-electron chi connectivity index (χ4n) is 2.57. The molecule has 0 aromatic heterocycles. The number of unbranched alkanes of at least 4 members (excludes halogenated alkanes) is 5. The zero-order valence-corrected chi connectivity index (χ0v) is 16.4. The van der Waals surface area contributed by atoms with Crippen molar-refractivity contribution in [3.63, 3.8) is 0 Å². The molecule has 0 amide bonds. The summed E-state index contributed by atoms with van der Waals surface area (Å²) in [5.41, 5.74) is 0. The van der Waals surface area contributed by atoms with Gasteiger partial charge in [-0.3, -0.25) is 9.59 Å². The number of rotatable bonds is 14. The molecule has 0 aromatic carbocycles. The molecule has 0 aliphatic rings. The molecular weight excluding hydrogens is 304 g/mol. The van der Waals surface area contributed by atoms with Crippen LogP contribution in [0.3, 0.4) is 0 Å². The Kier molecular flexibility index (Phi) is 13.7. The van der Waals surface area contributed by atoms with Crippen LogP contribution in [0, 0.1) is 11.8 Å². The van der Waals surface area contributed by atoms with Crippen LogP contribution in [0.25, 0.3) is 0 Å². The second-order valence-corrected chi connectivity index (χ2v) is 7.63. The van der Waals surface area contributed by atoms with Gasteiger partial charge in [-0.2, -0.15) is 0 Å². The van der Waals surface area contributed by atoms with Crippen LogP contribution in [0.5, 0.6) is 0 Å². The van der Waals surface area contributed by atoms with Gasteiger partial charge in [0.25, 0.3) is 0 Å². The standard InChI is InChI=1S/C20H38O4/c1-16(2)14-18(5)24-20(22)13-11-9-7-6-8-10-12-19(21)23-15-17(3)4/h16-18H,6-15H2,1-5H3. The lowest BCUT2D eigenvalue weighted by molar-refractivity contribution is -0.149. The third kappa shape index (κ3) is 15.8. The Bertz CT molecular complexity index is 337. The molecule has 0 heterocycles. The van der Waals surface area contributed by atoms with Gasteiger partial charge in [0.1, 0.15) is 0 Å². The summed E-state index contributed by atoms with van der Waals surface area (Å²) >= 11 is 0. The SMILES string of the molecule is CC(C)COC(=O)CCCCCCCCC(=O)OC(C)CC(C)C. The van der Waals surface area contributed by atoms with Crippen LogP contribution in [-0.2, 0) is 19.1 Å². The van der Waals surface area contributed by atoms with Gasteiger partial charge in [-0.15, -0.1) is 0 Å². The van der Waals surface area contributed by atoms with E-state index in [4.69, 9.17) is 9.47 Å². The number of carbonyl (C=O) groups excluding carboxylic acids is 2. The van der Waals surface area contributed by atoms with Crippen molar-refractivity contribution in [3.8, 4) is 0 Å². The Labute approximate surface area is 148 Å². The van der Waals surface area contributed by atoms with Crippen LogP contribution in [-0.4, -0.2) is 24.6 Å². The zero-order chi connectivity index (χ0) is 18.4. The fraction of sp³-hybridized carbons (Fsp3) is 0.900. The molecule has 4 heteroatoms. The summed E-state index contributed by atoms with van der Waals surface area (Å²) in [7, 11) is 0. The molecule has 142 valence electrons. The third-order valence-corrected chi connectivity index (χ3v) is 3.73. The van der Waals surface area contributed by atoms with Crippen LogP contribution >= 0.6 is 0 Å². The fourth-order valence-corrected chi connectivity index (χ4v) is 2.57. The average Bonchev–Trinajstić information content (AvgIpc) is 2.46. The molecule has 4 nitrogen and oxygen atoms in total. The monoisotopic (exact) mass is 342 g/mol. The quantitative estimate of drug-likeness (QED) is 0.318. The van der Waals surface area contributed by atoms with E-state index in [0.717, 1.165) is 44.9 Å². The minimum atomic E-state index is -0.0815. The van der Waals surface area contributed by atoms with Crippen molar-refractivity contribution < 1.29 is 19.1 Å². The van der Waals surface area contributed by atoms with Gasteiger partial charge in [0, 0.05) is 12.8 Å². The minimum absolute atomic E-state index is 0.0213. The minimum Gasteiger partial charge on any atom is -0.465 e. The molecule has 1 unspecified atom stereocenters. The van der Waals surface area contributed by atoms with Crippen LogP contribution in [0.15, 0.2) is 0 Å². The Morgan fingerprint density at radius 2 is 1.21 bits per heavy atom. The zero-order valence-electron chi connectivity index (χ0n) is 16.4. The summed E-state index contributed by atoms with van der Waals surface area (Å²) in [6, 6.07) is 0. The second-order valence-electron chi connectivity index (χ2n) is 7.63. The third-order valence-electron chi connectivity index (χ3n) is 3.73. The van der Waals surface area contributed by atoms with Crippen molar-refractivity contribution in [1.82, 2.24) is 0 Å². The summed E-state index contributed by atoms with van der Waals surface area (Å²) in [4.78, 5) is 23.1. The van der Waals surface area contributed by atoms with Crippen LogP contribution < -0.4 is 0 Å². The number of carbonyl (C=O) groups is 2. The van der Waals surface area contributed by atoms with Crippen molar-refractivity contribution in [2.24, 2.45) is 11.8 Å². The molecule has 0 bridgehead atoms. The van der Waals surface area contributed by atoms with Gasteiger partial charge in [-0.25, -0.2) is 0 Å². The average molecular weight is 343 g/mol. The van der Waals surface area contributed by atoms with Crippen LogP contribution in [0.4, 0.5) is 0 Å². The molecule has 0 spiro atoms. The second kappa shape index (κ2) is 14.3. The van der Waals surface area contributed by atoms with E-state index in [9.17, 15) is 9.59 Å². The highest BCUT2D eigenvalue weighted by Crippen LogP contribution is 2.12. The maximum Gasteiger partial charge on any atom is 0.306 e. The van der Waals surface area contributed by atoms with E-state index in [1.54, 1.807) is 0 Å². The van der Waals surface area contributed by atoms with Crippen LogP contribution in [0.1, 0.15) is 92.4 Å². The Morgan fingerprint density at radius 3 is 1.71 bits per heavy atom. The van der Waals surface area contributed by atoms with E-state index in [1.165, 1.54) is 0 Å². The highest BCUT2D eigenvalue weighted by Gasteiger charge is 2.10. The summed E-state index contributed by atoms with van der Waals surface area (Å²) < 4.78 is 10.5. The molecule has 0 saturated carbocycles. The van der Waals surface area contributed by atoms with Crippen molar-refractivity contribution >= 4 is 11.9 Å². The maximum atomic E-state index is 11.7. The number of ether oxygens (including phenoxy) is 2. The van der Waals surface area contributed by atoms with Gasteiger partial charge in [-0.05, 0) is 38.0 Å². The first kappa shape index (κ1) is 22.9. The summed E-state index contributed by atoms with van der Waals surface area (Å²) in [6.07, 6.45) is 8.08. The Balaban J connectivity index is 3.41. The van der Waals surface area contributed by atoms with Gasteiger partial charge in [-0.1, -0.05) is 53.4 Å². The normalized spacial score (nSPS) is 12.5. The van der Waals surface area contributed by atoms with Crippen molar-refractivity contribution in [2.45, 2.75) is 98.5 Å². The molecule has 0 saturated heterocycles. The lowest BCUT2D eigenvalue weighted by Gasteiger charge is -2.15. The molecule has 0 radical (unpaired) electrons. The van der Waals surface area contributed by atoms with Gasteiger partial charge in [0.15, 0.2) is 0 Å². The smallest absolute Gasteiger partial charge is 0.306 e. The molecule has 0 aromatic rings. The van der Waals surface area contributed by atoms with E-state index >= 15 is 0 Å².